The zero-order chi connectivity index (χ0) is 76.0. The lowest BCUT2D eigenvalue weighted by Gasteiger charge is -2.21. The summed E-state index contributed by atoms with van der Waals surface area (Å²) in [6.07, 6.45) is 77.9. The lowest BCUT2D eigenvalue weighted by Crippen LogP contribution is -2.30. The van der Waals surface area contributed by atoms with Crippen molar-refractivity contribution in [1.82, 2.24) is 0 Å². The molecule has 0 aliphatic rings. The summed E-state index contributed by atoms with van der Waals surface area (Å²) < 4.78 is 68.8. The van der Waals surface area contributed by atoms with Gasteiger partial charge >= 0.3 is 39.5 Å². The van der Waals surface area contributed by atoms with Crippen LogP contribution in [0.25, 0.3) is 0 Å². The van der Waals surface area contributed by atoms with E-state index in [1.165, 1.54) is 231 Å². The number of allylic oxidation sites excluding steroid dienone is 8. The van der Waals surface area contributed by atoms with Crippen LogP contribution in [0.15, 0.2) is 48.6 Å². The highest BCUT2D eigenvalue weighted by Crippen LogP contribution is 2.45. The highest BCUT2D eigenvalue weighted by atomic mass is 31.2. The molecule has 0 fully saturated rings. The number of esters is 4. The lowest BCUT2D eigenvalue weighted by atomic mass is 10.0. The number of hydrogen-bond acceptors (Lipinski definition) is 15. The third-order valence-corrected chi connectivity index (χ3v) is 20.7. The van der Waals surface area contributed by atoms with Crippen molar-refractivity contribution in [2.75, 3.05) is 39.6 Å². The molecular weight excluding hydrogens is 1350 g/mol. The number of phosphoric ester groups is 2. The molecule has 0 heterocycles. The Morgan fingerprint density at radius 2 is 0.481 bits per heavy atom. The number of phosphoric acid groups is 2. The van der Waals surface area contributed by atoms with Gasteiger partial charge < -0.3 is 33.8 Å². The molecule has 2 unspecified atom stereocenters. The zero-order valence-electron chi connectivity index (χ0n) is 67.0. The number of ether oxygens (including phenoxy) is 4. The Bertz CT molecular complexity index is 2150. The Balaban J connectivity index is 5.34. The second kappa shape index (κ2) is 78.2. The summed E-state index contributed by atoms with van der Waals surface area (Å²) in [4.78, 5) is 73.2. The van der Waals surface area contributed by atoms with E-state index < -0.39 is 97.5 Å². The van der Waals surface area contributed by atoms with Crippen molar-refractivity contribution in [2.24, 2.45) is 0 Å². The summed E-state index contributed by atoms with van der Waals surface area (Å²) in [5, 5.41) is 10.7. The summed E-state index contributed by atoms with van der Waals surface area (Å²) >= 11 is 0. The number of carbonyl (C=O) groups is 4. The van der Waals surface area contributed by atoms with E-state index in [1.54, 1.807) is 0 Å². The highest BCUT2D eigenvalue weighted by molar-refractivity contribution is 7.47. The van der Waals surface area contributed by atoms with E-state index in [9.17, 15) is 43.2 Å². The Morgan fingerprint density at radius 3 is 0.760 bits per heavy atom. The topological polar surface area (TPSA) is 237 Å². The molecule has 0 rings (SSSR count). The summed E-state index contributed by atoms with van der Waals surface area (Å²) in [5.74, 6) is -2.19. The van der Waals surface area contributed by atoms with Gasteiger partial charge in [0.15, 0.2) is 12.2 Å². The standard InChI is InChI=1S/C85H158O17P2/c1-5-9-13-17-21-25-29-33-37-39-43-45-49-53-57-61-65-69-82(87)95-75-80(101-84(89)71-67-63-59-55-51-47-41-35-31-27-23-19-15-11-7-3)77-99-103(91,92)97-73-79(86)74-98-104(93,94)100-78-81(102-85(90)72-68-64-60-56-52-48-42-36-32-28-24-20-16-12-8-4)76-96-83(88)70-66-62-58-54-50-46-44-40-38-34-30-26-22-18-14-10-6-2/h21,25,33,37,43,45,53,57,79-81,86H,5-20,22-24,26-32,34-36,38-42,44,46-52,54-56,58-78H2,1-4H3,(H,91,92)(H,93,94)/b25-21-,37-33-,45-43-,57-53-/t79-,80+,81+/m0/s1. The van der Waals surface area contributed by atoms with E-state index in [0.29, 0.717) is 32.1 Å². The average Bonchev–Trinajstić information content (AvgIpc) is 0.937. The molecule has 0 aliphatic carbocycles. The van der Waals surface area contributed by atoms with Crippen LogP contribution >= 0.6 is 15.6 Å². The van der Waals surface area contributed by atoms with E-state index >= 15 is 0 Å². The van der Waals surface area contributed by atoms with E-state index in [-0.39, 0.29) is 25.7 Å². The molecule has 0 aromatic heterocycles. The fourth-order valence-electron chi connectivity index (χ4n) is 12.3. The van der Waals surface area contributed by atoms with Crippen molar-refractivity contribution in [1.29, 1.82) is 0 Å². The molecule has 0 saturated heterocycles. The molecule has 0 saturated carbocycles. The number of unbranched alkanes of at least 4 members (excludes halogenated alkanes) is 48. The second-order valence-corrected chi connectivity index (χ2v) is 32.1. The van der Waals surface area contributed by atoms with Crippen LogP contribution in [0.5, 0.6) is 0 Å². The Kier molecular flexibility index (Phi) is 75.9. The van der Waals surface area contributed by atoms with Crippen LogP contribution in [0.2, 0.25) is 0 Å². The molecule has 104 heavy (non-hydrogen) atoms. The predicted octanol–water partition coefficient (Wildman–Crippen LogP) is 25.2. The van der Waals surface area contributed by atoms with Crippen LogP contribution in [0.4, 0.5) is 0 Å². The molecule has 0 aliphatic heterocycles. The highest BCUT2D eigenvalue weighted by Gasteiger charge is 2.30. The lowest BCUT2D eigenvalue weighted by molar-refractivity contribution is -0.161. The van der Waals surface area contributed by atoms with Gasteiger partial charge in [0, 0.05) is 25.7 Å². The van der Waals surface area contributed by atoms with Crippen LogP contribution < -0.4 is 0 Å². The number of aliphatic hydroxyl groups is 1. The summed E-state index contributed by atoms with van der Waals surface area (Å²) in [6.45, 7) is 4.92. The minimum absolute atomic E-state index is 0.0914. The van der Waals surface area contributed by atoms with E-state index in [1.807, 2.05) is 12.2 Å². The molecule has 17 nitrogen and oxygen atoms in total. The normalized spacial score (nSPS) is 14.0. The van der Waals surface area contributed by atoms with Crippen molar-refractivity contribution in [3.63, 3.8) is 0 Å². The van der Waals surface area contributed by atoms with E-state index in [2.05, 4.69) is 64.2 Å². The van der Waals surface area contributed by atoms with Crippen LogP contribution in [-0.2, 0) is 65.4 Å². The molecule has 5 atom stereocenters. The fourth-order valence-corrected chi connectivity index (χ4v) is 13.9. The van der Waals surface area contributed by atoms with Gasteiger partial charge in [0.05, 0.1) is 26.4 Å². The molecule has 0 aromatic rings. The molecule has 0 aromatic carbocycles. The van der Waals surface area contributed by atoms with Gasteiger partial charge in [-0.3, -0.25) is 37.3 Å². The molecule has 0 bridgehead atoms. The van der Waals surface area contributed by atoms with Gasteiger partial charge in [-0.15, -0.1) is 0 Å². The molecule has 3 N–H and O–H groups in total. The van der Waals surface area contributed by atoms with Gasteiger partial charge in [0.2, 0.25) is 0 Å². The van der Waals surface area contributed by atoms with Gasteiger partial charge in [-0.2, -0.15) is 0 Å². The molecule has 0 spiro atoms. The summed E-state index contributed by atoms with van der Waals surface area (Å²) in [7, 11) is -9.95. The van der Waals surface area contributed by atoms with Crippen molar-refractivity contribution >= 4 is 39.5 Å². The zero-order valence-corrected chi connectivity index (χ0v) is 68.8. The first-order valence-corrected chi connectivity index (χ1v) is 45.9. The van der Waals surface area contributed by atoms with Crippen LogP contribution in [0.1, 0.15) is 413 Å². The molecule has 19 heteroatoms. The molecule has 0 radical (unpaired) electrons. The van der Waals surface area contributed by atoms with Crippen molar-refractivity contribution < 1.29 is 80.2 Å². The SMILES string of the molecule is CCCCC/C=C\C/C=C\C/C=C\C/C=C\CCCC(=O)OC[C@H](COP(=O)(O)OC[C@H](O)COP(=O)(O)OC[C@@H](COC(=O)CCCCCCCCCCCCCCCCCCC)OC(=O)CCCCCCCCCCCCCCCCC)OC(=O)CCCCCCCCCCCCCCCCC. The van der Waals surface area contributed by atoms with Crippen molar-refractivity contribution in [3.05, 3.63) is 48.6 Å². The first-order chi connectivity index (χ1) is 50.7. The van der Waals surface area contributed by atoms with Crippen molar-refractivity contribution in [2.45, 2.75) is 431 Å². The fraction of sp³-hybridized carbons (Fsp3) is 0.859. The first-order valence-electron chi connectivity index (χ1n) is 42.9. The third-order valence-electron chi connectivity index (χ3n) is 18.8. The van der Waals surface area contributed by atoms with Crippen molar-refractivity contribution in [3.8, 4) is 0 Å². The molecular formula is C85H158O17P2. The Hall–Kier alpha value is -2.98. The minimum atomic E-state index is -4.98. The van der Waals surface area contributed by atoms with Crippen LogP contribution in [-0.4, -0.2) is 96.7 Å². The Morgan fingerprint density at radius 1 is 0.269 bits per heavy atom. The maximum atomic E-state index is 13.1. The van der Waals surface area contributed by atoms with Gasteiger partial charge in [-0.05, 0) is 64.2 Å². The number of carbonyl (C=O) groups excluding carboxylic acids is 4. The predicted molar refractivity (Wildman–Crippen MR) is 427 cm³/mol. The van der Waals surface area contributed by atoms with Crippen LogP contribution in [0, 0.1) is 0 Å². The number of hydrogen-bond donors (Lipinski definition) is 3. The maximum Gasteiger partial charge on any atom is 0.472 e. The minimum Gasteiger partial charge on any atom is -0.462 e. The third kappa shape index (κ3) is 77.2. The molecule has 610 valence electrons. The van der Waals surface area contributed by atoms with Gasteiger partial charge in [0.25, 0.3) is 0 Å². The molecule has 0 amide bonds. The largest absolute Gasteiger partial charge is 0.472 e. The Labute approximate surface area is 636 Å². The second-order valence-electron chi connectivity index (χ2n) is 29.2. The van der Waals surface area contributed by atoms with Gasteiger partial charge in [0.1, 0.15) is 19.3 Å². The maximum absolute atomic E-state index is 13.1. The van der Waals surface area contributed by atoms with Crippen LogP contribution in [0.3, 0.4) is 0 Å². The quantitative estimate of drug-likeness (QED) is 0.0169. The van der Waals surface area contributed by atoms with Gasteiger partial charge in [-0.1, -0.05) is 372 Å². The number of aliphatic hydroxyl groups excluding tert-OH is 1. The van der Waals surface area contributed by atoms with E-state index in [0.717, 1.165) is 96.3 Å². The van der Waals surface area contributed by atoms with E-state index in [4.69, 9.17) is 37.0 Å². The van der Waals surface area contributed by atoms with Gasteiger partial charge in [-0.25, -0.2) is 9.13 Å². The first kappa shape index (κ1) is 101. The smallest absolute Gasteiger partial charge is 0.462 e. The summed E-state index contributed by atoms with van der Waals surface area (Å²) in [6, 6.07) is 0. The monoisotopic (exact) mass is 1510 g/mol. The number of rotatable bonds is 82. The summed E-state index contributed by atoms with van der Waals surface area (Å²) in [5.41, 5.74) is 0. The average molecular weight is 1510 g/mol.